The minimum atomic E-state index is -2.40. The Morgan fingerprint density at radius 2 is 2.06 bits per heavy atom. The highest BCUT2D eigenvalue weighted by Gasteiger charge is 2.71. The quantitative estimate of drug-likeness (QED) is 0.817. The number of benzene rings is 1. The molecule has 1 aliphatic heterocycles. The third-order valence-electron chi connectivity index (χ3n) is 4.03. The van der Waals surface area contributed by atoms with E-state index in [-0.39, 0.29) is 0 Å². The Bertz CT molecular complexity index is 461. The topological polar surface area (TPSA) is 3.24 Å². The molecule has 1 aromatic rings. The fourth-order valence-electron chi connectivity index (χ4n) is 2.84. The summed E-state index contributed by atoms with van der Waals surface area (Å²) in [5, 5.41) is 0. The van der Waals surface area contributed by atoms with Gasteiger partial charge in [0.1, 0.15) is 0 Å². The van der Waals surface area contributed by atoms with E-state index in [4.69, 9.17) is 0 Å². The molecule has 2 atom stereocenters. The van der Waals surface area contributed by atoms with Gasteiger partial charge in [0, 0.05) is 23.2 Å². The standard InChI is InChI=1S/C14H15BrF2N/c1-2-3-9-4-5-10(6-13(9)15)18-7-11-12(8-18)14(11,16)17/h2,4-6,11-12H,3,7-8H2,1H3. The van der Waals surface area contributed by atoms with E-state index in [2.05, 4.69) is 33.3 Å². The number of piperidine rings is 1. The van der Waals surface area contributed by atoms with E-state index in [0.29, 0.717) is 13.1 Å². The number of hydrogen-bond acceptors (Lipinski definition) is 1. The minimum Gasteiger partial charge on any atom is -0.370 e. The summed E-state index contributed by atoms with van der Waals surface area (Å²) in [5.74, 6) is -3.23. The number of fused-ring (bicyclic) bond motifs is 1. The van der Waals surface area contributed by atoms with Gasteiger partial charge in [-0.3, -0.25) is 0 Å². The zero-order valence-electron chi connectivity index (χ0n) is 10.2. The first-order valence-corrected chi connectivity index (χ1v) is 7.02. The lowest BCUT2D eigenvalue weighted by atomic mass is 10.1. The van der Waals surface area contributed by atoms with Crippen molar-refractivity contribution >= 4 is 21.6 Å². The summed E-state index contributed by atoms with van der Waals surface area (Å²) in [6.45, 7) is 3.00. The molecule has 2 aliphatic rings. The van der Waals surface area contributed by atoms with Crippen molar-refractivity contribution in [3.8, 4) is 0 Å². The fraction of sp³-hybridized carbons (Fsp3) is 0.500. The average Bonchev–Trinajstić information content (AvgIpc) is 2.73. The van der Waals surface area contributed by atoms with Crippen LogP contribution >= 0.6 is 15.9 Å². The van der Waals surface area contributed by atoms with Crippen molar-refractivity contribution in [2.45, 2.75) is 19.3 Å². The van der Waals surface area contributed by atoms with Crippen LogP contribution in [-0.4, -0.2) is 19.0 Å². The summed E-state index contributed by atoms with van der Waals surface area (Å²) in [5.41, 5.74) is 2.28. The summed E-state index contributed by atoms with van der Waals surface area (Å²) < 4.78 is 27.3. The molecule has 2 fully saturated rings. The second kappa shape index (κ2) is 4.19. The van der Waals surface area contributed by atoms with Gasteiger partial charge in [0.05, 0.1) is 11.8 Å². The number of anilines is 1. The third-order valence-corrected chi connectivity index (χ3v) is 4.76. The molecular formula is C14H15BrF2N. The highest BCUT2D eigenvalue weighted by Crippen LogP contribution is 2.59. The Labute approximate surface area is 114 Å². The number of rotatable bonds is 3. The van der Waals surface area contributed by atoms with Crippen LogP contribution in [-0.2, 0) is 6.42 Å². The van der Waals surface area contributed by atoms with Gasteiger partial charge in [-0.05, 0) is 30.5 Å². The fourth-order valence-corrected chi connectivity index (χ4v) is 3.37. The Morgan fingerprint density at radius 1 is 1.39 bits per heavy atom. The van der Waals surface area contributed by atoms with Gasteiger partial charge in [-0.2, -0.15) is 0 Å². The molecule has 1 saturated carbocycles. The van der Waals surface area contributed by atoms with Gasteiger partial charge in [0.2, 0.25) is 0 Å². The zero-order chi connectivity index (χ0) is 12.9. The van der Waals surface area contributed by atoms with E-state index in [1.54, 1.807) is 0 Å². The molecule has 0 spiro atoms. The van der Waals surface area contributed by atoms with E-state index in [1.807, 2.05) is 19.1 Å². The number of nitrogens with zero attached hydrogens (tertiary/aromatic N) is 1. The summed E-state index contributed by atoms with van der Waals surface area (Å²) in [7, 11) is 0. The van der Waals surface area contributed by atoms with Crippen LogP contribution in [0.2, 0.25) is 0 Å². The molecular weight excluding hydrogens is 300 g/mol. The van der Waals surface area contributed by atoms with Crippen molar-refractivity contribution in [1.82, 2.24) is 0 Å². The average molecular weight is 315 g/mol. The molecule has 1 radical (unpaired) electrons. The van der Waals surface area contributed by atoms with Gasteiger partial charge in [-0.1, -0.05) is 28.9 Å². The van der Waals surface area contributed by atoms with Gasteiger partial charge in [-0.15, -0.1) is 0 Å². The molecule has 1 aliphatic carbocycles. The lowest BCUT2D eigenvalue weighted by molar-refractivity contribution is 0.0798. The molecule has 0 N–H and O–H groups in total. The van der Waals surface area contributed by atoms with Crippen molar-refractivity contribution in [2.24, 2.45) is 11.8 Å². The van der Waals surface area contributed by atoms with E-state index in [1.165, 1.54) is 5.56 Å². The van der Waals surface area contributed by atoms with Crippen LogP contribution in [0.1, 0.15) is 12.5 Å². The normalized spacial score (nSPS) is 28.3. The molecule has 1 saturated heterocycles. The maximum absolute atomic E-state index is 13.1. The van der Waals surface area contributed by atoms with Crippen LogP contribution in [0.4, 0.5) is 14.5 Å². The number of halogens is 3. The van der Waals surface area contributed by atoms with E-state index in [0.717, 1.165) is 16.6 Å². The van der Waals surface area contributed by atoms with Crippen molar-refractivity contribution in [1.29, 1.82) is 0 Å². The highest BCUT2D eigenvalue weighted by molar-refractivity contribution is 9.10. The molecule has 0 amide bonds. The van der Waals surface area contributed by atoms with E-state index in [9.17, 15) is 8.78 Å². The second-order valence-corrected chi connectivity index (χ2v) is 6.03. The first-order valence-electron chi connectivity index (χ1n) is 6.23. The molecule has 3 rings (SSSR count). The molecule has 2 unspecified atom stereocenters. The Balaban J connectivity index is 1.73. The van der Waals surface area contributed by atoms with Crippen LogP contribution in [0, 0.1) is 18.3 Å². The summed E-state index contributed by atoms with van der Waals surface area (Å²) in [4.78, 5) is 2.07. The van der Waals surface area contributed by atoms with Crippen LogP contribution in [0.3, 0.4) is 0 Å². The number of alkyl halides is 2. The zero-order valence-corrected chi connectivity index (χ0v) is 11.8. The van der Waals surface area contributed by atoms with Crippen LogP contribution in [0.15, 0.2) is 22.7 Å². The van der Waals surface area contributed by atoms with Gasteiger partial charge in [0.25, 0.3) is 5.92 Å². The molecule has 0 bridgehead atoms. The second-order valence-electron chi connectivity index (χ2n) is 5.18. The summed E-state index contributed by atoms with van der Waals surface area (Å²) in [6, 6.07) is 6.15. The van der Waals surface area contributed by atoms with Crippen molar-refractivity contribution in [3.63, 3.8) is 0 Å². The van der Waals surface area contributed by atoms with Crippen LogP contribution in [0.5, 0.6) is 0 Å². The van der Waals surface area contributed by atoms with Gasteiger partial charge in [0.15, 0.2) is 0 Å². The Kier molecular flexibility index (Phi) is 2.88. The van der Waals surface area contributed by atoms with Crippen molar-refractivity contribution in [3.05, 3.63) is 34.7 Å². The third kappa shape index (κ3) is 1.85. The van der Waals surface area contributed by atoms with Gasteiger partial charge in [-0.25, -0.2) is 8.78 Å². The monoisotopic (exact) mass is 314 g/mol. The predicted octanol–water partition coefficient (Wildman–Crippen LogP) is 3.92. The Hall–Kier alpha value is -0.640. The number of hydrogen-bond donors (Lipinski definition) is 0. The molecule has 0 aromatic heterocycles. The first kappa shape index (κ1) is 12.4. The van der Waals surface area contributed by atoms with Crippen LogP contribution in [0.25, 0.3) is 0 Å². The van der Waals surface area contributed by atoms with Gasteiger partial charge >= 0.3 is 0 Å². The minimum absolute atomic E-state index is 0.417. The van der Waals surface area contributed by atoms with Crippen molar-refractivity contribution < 1.29 is 8.78 Å². The highest BCUT2D eigenvalue weighted by atomic mass is 79.9. The maximum atomic E-state index is 13.1. The SMILES string of the molecule is C[CH]Cc1ccc(N2CC3C(C2)C3(F)F)cc1Br. The smallest absolute Gasteiger partial charge is 0.258 e. The van der Waals surface area contributed by atoms with Gasteiger partial charge < -0.3 is 4.90 Å². The lowest BCUT2D eigenvalue weighted by Crippen LogP contribution is -2.27. The Morgan fingerprint density at radius 3 is 2.61 bits per heavy atom. The largest absolute Gasteiger partial charge is 0.370 e. The predicted molar refractivity (Wildman–Crippen MR) is 72.0 cm³/mol. The summed E-state index contributed by atoms with van der Waals surface area (Å²) >= 11 is 3.55. The van der Waals surface area contributed by atoms with Crippen LogP contribution < -0.4 is 4.90 Å². The molecule has 1 nitrogen and oxygen atoms in total. The molecule has 4 heteroatoms. The molecule has 1 aromatic carbocycles. The lowest BCUT2D eigenvalue weighted by Gasteiger charge is -2.22. The molecule has 97 valence electrons. The maximum Gasteiger partial charge on any atom is 0.258 e. The summed E-state index contributed by atoms with van der Waals surface area (Å²) in [6.07, 6.45) is 3.02. The molecule has 18 heavy (non-hydrogen) atoms. The van der Waals surface area contributed by atoms with E-state index < -0.39 is 17.8 Å². The first-order chi connectivity index (χ1) is 8.54. The van der Waals surface area contributed by atoms with E-state index >= 15 is 0 Å². The van der Waals surface area contributed by atoms with Crippen molar-refractivity contribution in [2.75, 3.05) is 18.0 Å². The molecule has 1 heterocycles.